The zero-order valence-electron chi connectivity index (χ0n) is 45.9. The van der Waals surface area contributed by atoms with E-state index < -0.39 is 71.4 Å². The quantitative estimate of drug-likeness (QED) is 0.174. The first-order valence-electron chi connectivity index (χ1n) is 25.7. The van der Waals surface area contributed by atoms with Gasteiger partial charge in [-0.1, -0.05) is 162 Å². The molecule has 1 N–H and O–H groups in total. The summed E-state index contributed by atoms with van der Waals surface area (Å²) >= 11 is 0. The molecule has 4 heteroatoms. The molecule has 4 nitrogen and oxygen atoms in total. The minimum absolute atomic E-state index is 0.0788. The first-order valence-corrected chi connectivity index (χ1v) is 20.7. The molecule has 9 rings (SSSR count). The summed E-state index contributed by atoms with van der Waals surface area (Å²) in [6.07, 6.45) is -0.594. The number of imidazole rings is 1. The van der Waals surface area contributed by atoms with Crippen LogP contribution in [0.25, 0.3) is 83.9 Å². The number of aryl methyl sites for hydroxylation is 1. The van der Waals surface area contributed by atoms with E-state index in [0.29, 0.717) is 39.2 Å². The van der Waals surface area contributed by atoms with Gasteiger partial charge in [-0.15, -0.1) is 0 Å². The number of benzene rings is 7. The molecule has 0 fully saturated rings. The van der Waals surface area contributed by atoms with Gasteiger partial charge in [0.1, 0.15) is 11.6 Å². The van der Waals surface area contributed by atoms with Crippen LogP contribution in [0.2, 0.25) is 0 Å². The van der Waals surface area contributed by atoms with Gasteiger partial charge in [0.15, 0.2) is 0 Å². The molecule has 0 spiro atoms. The maximum Gasteiger partial charge on any atom is 0.149 e. The number of hydrogen-bond acceptors (Lipinski definition) is 3. The topological polar surface area (TPSA) is 50.9 Å². The van der Waals surface area contributed by atoms with Gasteiger partial charge in [-0.05, 0) is 118 Å². The molecule has 0 unspecified atom stereocenters. The summed E-state index contributed by atoms with van der Waals surface area (Å²) in [6.45, 7) is 11.7. The fourth-order valence-corrected chi connectivity index (χ4v) is 8.03. The molecule has 62 heavy (non-hydrogen) atoms. The molecule has 306 valence electrons. The lowest BCUT2D eigenvalue weighted by atomic mass is 9.79. The number of para-hydroxylation sites is 1. The van der Waals surface area contributed by atoms with Crippen LogP contribution in [0.5, 0.6) is 5.75 Å². The molecule has 0 saturated heterocycles. The Hall–Kier alpha value is -7.04. The number of phenols is 1. The molecule has 2 heterocycles. The monoisotopic (exact) mass is 817 g/mol. The number of aromatic nitrogens is 3. The largest absolute Gasteiger partial charge is 0.507 e. The van der Waals surface area contributed by atoms with E-state index in [0.717, 1.165) is 44.6 Å². The van der Waals surface area contributed by atoms with E-state index in [9.17, 15) is 6.48 Å². The third kappa shape index (κ3) is 7.74. The third-order valence-corrected chi connectivity index (χ3v) is 11.3. The predicted molar refractivity (Wildman–Crippen MR) is 260 cm³/mol. The van der Waals surface area contributed by atoms with Crippen LogP contribution < -0.4 is 0 Å². The van der Waals surface area contributed by atoms with Gasteiger partial charge in [-0.25, -0.2) is 4.98 Å². The SMILES string of the molecule is [2H]c1nc(-c2cc(-c3ccccc3)cc(-c3cccc4c3nc(-c3cc(C(C)(C)C)cc(C(C)(C)C)c3O)n4-c3ccc(C)cc3-c3ccccc3)c2)c([2H])c(-c2c([2H])c([2H])c([2H])c(C([2H])([2H])[2H])c2[2H])c1[2H]. The number of pyridine rings is 1. The Kier molecular flexibility index (Phi) is 7.65. The normalized spacial score (nSPS) is 14.4. The first kappa shape index (κ1) is 30.1. The van der Waals surface area contributed by atoms with Crippen molar-refractivity contribution in [3.8, 4) is 78.6 Å². The molecule has 2 aromatic heterocycles. The molecule has 0 aliphatic rings. The van der Waals surface area contributed by atoms with E-state index in [-0.39, 0.29) is 16.9 Å². The van der Waals surface area contributed by atoms with Crippen molar-refractivity contribution >= 4 is 11.0 Å². The average molecular weight is 818 g/mol. The summed E-state index contributed by atoms with van der Waals surface area (Å²) < 4.78 is 88.7. The second-order valence-electron chi connectivity index (χ2n) is 17.9. The van der Waals surface area contributed by atoms with Gasteiger partial charge in [-0.2, -0.15) is 0 Å². The number of hydrogen-bond donors (Lipinski definition) is 1. The van der Waals surface area contributed by atoms with E-state index in [1.807, 2.05) is 84.9 Å². The number of aromatic hydroxyl groups is 1. The highest BCUT2D eigenvalue weighted by Crippen LogP contribution is 2.46. The van der Waals surface area contributed by atoms with E-state index in [4.69, 9.17) is 17.3 Å². The van der Waals surface area contributed by atoms with Crippen molar-refractivity contribution in [2.75, 3.05) is 0 Å². The van der Waals surface area contributed by atoms with E-state index in [1.165, 1.54) is 0 Å². The van der Waals surface area contributed by atoms with Gasteiger partial charge in [0, 0.05) is 32.5 Å². The Balaban J connectivity index is 1.38. The van der Waals surface area contributed by atoms with Crippen LogP contribution in [0.4, 0.5) is 0 Å². The van der Waals surface area contributed by atoms with Crippen LogP contribution >= 0.6 is 0 Å². The Morgan fingerprint density at radius 3 is 2.02 bits per heavy atom. The summed E-state index contributed by atoms with van der Waals surface area (Å²) in [5, 5.41) is 12.5. The van der Waals surface area contributed by atoms with Crippen molar-refractivity contribution in [2.45, 2.75) is 66.1 Å². The van der Waals surface area contributed by atoms with Crippen molar-refractivity contribution in [3.63, 3.8) is 0 Å². The van der Waals surface area contributed by atoms with Crippen LogP contribution in [-0.4, -0.2) is 19.6 Å². The molecule has 0 saturated carbocycles. The van der Waals surface area contributed by atoms with Crippen molar-refractivity contribution in [3.05, 3.63) is 192 Å². The van der Waals surface area contributed by atoms with E-state index >= 15 is 0 Å². The van der Waals surface area contributed by atoms with Crippen LogP contribution in [0.3, 0.4) is 0 Å². The molecule has 0 aliphatic carbocycles. The molecule has 9 aromatic rings. The third-order valence-electron chi connectivity index (χ3n) is 11.3. The highest BCUT2D eigenvalue weighted by Gasteiger charge is 2.29. The number of phenolic OH excluding ortho intramolecular Hbond substituents is 1. The number of nitrogens with zero attached hydrogens (tertiary/aromatic N) is 3. The zero-order chi connectivity index (χ0) is 51.9. The van der Waals surface area contributed by atoms with Crippen molar-refractivity contribution in [1.29, 1.82) is 0 Å². The van der Waals surface area contributed by atoms with Crippen LogP contribution in [0.1, 0.15) is 77.5 Å². The molecule has 0 radical (unpaired) electrons. The summed E-state index contributed by atoms with van der Waals surface area (Å²) in [5.41, 5.74) is 8.23. The fourth-order valence-electron chi connectivity index (χ4n) is 8.03. The standard InChI is InChI=1S/C58H53N3O/c1-37-17-15-22-41(29-37)42-27-28-59-51(34-42)45-32-43(39-18-11-9-12-19-39)31-44(33-45)47-23-16-24-53-54(47)60-56(49-35-46(57(3,4)5)36-50(55(49)62)58(6,7)8)61(53)52-26-25-38(2)30-48(52)40-20-13-10-14-21-40/h9-36,62H,1-8H3/i1D3,15D,17D,22D,27D,28D,29D,34D. The maximum absolute atomic E-state index is 12.5. The summed E-state index contributed by atoms with van der Waals surface area (Å²) in [6, 6.07) is 37.5. The molecule has 0 bridgehead atoms. The Labute approximate surface area is 380 Å². The minimum Gasteiger partial charge on any atom is -0.507 e. The maximum atomic E-state index is 12.5. The summed E-state index contributed by atoms with van der Waals surface area (Å²) in [7, 11) is 0. The molecule has 0 aliphatic heterocycles. The highest BCUT2D eigenvalue weighted by atomic mass is 16.3. The van der Waals surface area contributed by atoms with Crippen LogP contribution in [0.15, 0.2) is 170 Å². The van der Waals surface area contributed by atoms with Crippen LogP contribution in [0, 0.1) is 13.8 Å². The zero-order valence-corrected chi connectivity index (χ0v) is 35.9. The lowest BCUT2D eigenvalue weighted by Crippen LogP contribution is -2.17. The lowest BCUT2D eigenvalue weighted by molar-refractivity contribution is 0.446. The average Bonchev–Trinajstić information content (AvgIpc) is 3.71. The number of fused-ring (bicyclic) bond motifs is 1. The Morgan fingerprint density at radius 2 is 1.29 bits per heavy atom. The molecule has 0 amide bonds. The molecule has 7 aromatic carbocycles. The minimum atomic E-state index is -3.02. The predicted octanol–water partition coefficient (Wildman–Crippen LogP) is 15.3. The van der Waals surface area contributed by atoms with Gasteiger partial charge in [0.2, 0.25) is 0 Å². The first-order chi connectivity index (χ1) is 33.9. The van der Waals surface area contributed by atoms with Crippen molar-refractivity contribution in [1.82, 2.24) is 14.5 Å². The van der Waals surface area contributed by atoms with Gasteiger partial charge >= 0.3 is 0 Å². The van der Waals surface area contributed by atoms with Gasteiger partial charge in [-0.3, -0.25) is 9.55 Å². The summed E-state index contributed by atoms with van der Waals surface area (Å²) in [5.74, 6) is 0.634. The number of rotatable bonds is 7. The second kappa shape index (κ2) is 15.8. The molecular formula is C58H53N3O. The molecular weight excluding hydrogens is 755 g/mol. The van der Waals surface area contributed by atoms with Gasteiger partial charge in [0.25, 0.3) is 0 Å². The van der Waals surface area contributed by atoms with Crippen LogP contribution in [-0.2, 0) is 10.8 Å². The fraction of sp³-hybridized carbons (Fsp3) is 0.172. The van der Waals surface area contributed by atoms with Crippen molar-refractivity contribution in [2.24, 2.45) is 0 Å². The van der Waals surface area contributed by atoms with Crippen molar-refractivity contribution < 1.29 is 18.8 Å². The Bertz CT molecular complexity index is 3630. The van der Waals surface area contributed by atoms with E-state index in [1.54, 1.807) is 6.07 Å². The smallest absolute Gasteiger partial charge is 0.149 e. The second-order valence-corrected chi connectivity index (χ2v) is 17.9. The molecule has 0 atom stereocenters. The Morgan fingerprint density at radius 1 is 0.581 bits per heavy atom. The lowest BCUT2D eigenvalue weighted by Gasteiger charge is -2.27. The highest BCUT2D eigenvalue weighted by molar-refractivity contribution is 5.98. The van der Waals surface area contributed by atoms with E-state index in [2.05, 4.69) is 94.4 Å². The summed E-state index contributed by atoms with van der Waals surface area (Å²) in [4.78, 5) is 10.0. The van der Waals surface area contributed by atoms with Gasteiger partial charge in [0.05, 0.1) is 37.6 Å². The van der Waals surface area contributed by atoms with Gasteiger partial charge < -0.3 is 5.11 Å².